The summed E-state index contributed by atoms with van der Waals surface area (Å²) in [4.78, 5) is 8.01. The highest BCUT2D eigenvalue weighted by atomic mass is 15.2. The number of hydrogen-bond donors (Lipinski definition) is 3. The third-order valence-corrected chi connectivity index (χ3v) is 1.79. The summed E-state index contributed by atoms with van der Waals surface area (Å²) in [7, 11) is 0. The lowest BCUT2D eigenvalue weighted by Crippen LogP contribution is -2.33. The van der Waals surface area contributed by atoms with Crippen molar-refractivity contribution < 1.29 is 0 Å². The number of aliphatic imine (C=N–C) groups is 2. The van der Waals surface area contributed by atoms with Crippen LogP contribution in [-0.2, 0) is 0 Å². The van der Waals surface area contributed by atoms with Crippen LogP contribution in [0.15, 0.2) is 9.98 Å². The summed E-state index contributed by atoms with van der Waals surface area (Å²) < 4.78 is 0. The second kappa shape index (κ2) is 4.11. The number of nitrogens with two attached hydrogens (primary N) is 2. The van der Waals surface area contributed by atoms with Gasteiger partial charge in [-0.25, -0.2) is 4.99 Å². The molecule has 13 heavy (non-hydrogen) atoms. The zero-order valence-electron chi connectivity index (χ0n) is 8.12. The van der Waals surface area contributed by atoms with Crippen LogP contribution in [-0.4, -0.2) is 24.5 Å². The summed E-state index contributed by atoms with van der Waals surface area (Å²) in [5.41, 5.74) is 10.5. The first-order valence-electron chi connectivity index (χ1n) is 4.48. The van der Waals surface area contributed by atoms with Crippen molar-refractivity contribution in [3.05, 3.63) is 0 Å². The fourth-order valence-electron chi connectivity index (χ4n) is 1.36. The SMILES string of the molecule is CC(C)C[C@@H]1CN=C(N=C(N)N)N1. The van der Waals surface area contributed by atoms with Gasteiger partial charge in [0.25, 0.3) is 0 Å². The molecule has 1 aliphatic rings. The van der Waals surface area contributed by atoms with Gasteiger partial charge >= 0.3 is 0 Å². The average Bonchev–Trinajstić information content (AvgIpc) is 2.33. The number of rotatable bonds is 2. The van der Waals surface area contributed by atoms with E-state index in [0.717, 1.165) is 13.0 Å². The van der Waals surface area contributed by atoms with Gasteiger partial charge in [0, 0.05) is 6.04 Å². The molecule has 5 N–H and O–H groups in total. The maximum atomic E-state index is 5.23. The van der Waals surface area contributed by atoms with Crippen LogP contribution in [0.3, 0.4) is 0 Å². The monoisotopic (exact) mass is 183 g/mol. The minimum absolute atomic E-state index is 0.0523. The van der Waals surface area contributed by atoms with Gasteiger partial charge in [-0.2, -0.15) is 4.99 Å². The standard InChI is InChI=1S/C8H17N5/c1-5(2)3-6-4-11-8(12-6)13-7(9)10/h5-6H,3-4H2,1-2H3,(H5,9,10,11,12,13)/t6-/m1/s1. The molecule has 0 saturated heterocycles. The molecule has 0 bridgehead atoms. The molecule has 0 aromatic rings. The Morgan fingerprint density at radius 2 is 2.38 bits per heavy atom. The van der Waals surface area contributed by atoms with E-state index >= 15 is 0 Å². The third kappa shape index (κ3) is 3.31. The zero-order chi connectivity index (χ0) is 9.84. The van der Waals surface area contributed by atoms with Gasteiger partial charge in [-0.05, 0) is 12.3 Å². The fourth-order valence-corrected chi connectivity index (χ4v) is 1.36. The van der Waals surface area contributed by atoms with Gasteiger partial charge in [0.1, 0.15) is 0 Å². The molecule has 1 atom stereocenters. The van der Waals surface area contributed by atoms with E-state index in [2.05, 4.69) is 29.1 Å². The zero-order valence-corrected chi connectivity index (χ0v) is 8.12. The summed E-state index contributed by atoms with van der Waals surface area (Å²) in [5, 5.41) is 3.16. The molecular formula is C8H17N5. The minimum Gasteiger partial charge on any atom is -0.370 e. The molecule has 0 aliphatic carbocycles. The lowest BCUT2D eigenvalue weighted by atomic mass is 10.0. The van der Waals surface area contributed by atoms with E-state index < -0.39 is 0 Å². The highest BCUT2D eigenvalue weighted by molar-refractivity contribution is 5.94. The largest absolute Gasteiger partial charge is 0.370 e. The Bertz CT molecular complexity index is 227. The first kappa shape index (κ1) is 9.83. The second-order valence-electron chi connectivity index (χ2n) is 3.67. The molecule has 1 aliphatic heterocycles. The fraction of sp³-hybridized carbons (Fsp3) is 0.750. The first-order chi connectivity index (χ1) is 6.08. The molecule has 1 heterocycles. The smallest absolute Gasteiger partial charge is 0.221 e. The maximum absolute atomic E-state index is 5.23. The summed E-state index contributed by atoms with van der Waals surface area (Å²) in [6, 6.07) is 0.387. The van der Waals surface area contributed by atoms with Crippen molar-refractivity contribution in [2.75, 3.05) is 6.54 Å². The Balaban J connectivity index is 2.38. The first-order valence-corrected chi connectivity index (χ1v) is 4.48. The number of nitrogens with one attached hydrogen (secondary N) is 1. The van der Waals surface area contributed by atoms with Gasteiger partial charge < -0.3 is 16.8 Å². The van der Waals surface area contributed by atoms with Crippen LogP contribution in [0.4, 0.5) is 0 Å². The molecule has 0 saturated carbocycles. The Labute approximate surface area is 78.3 Å². The van der Waals surface area contributed by atoms with Gasteiger partial charge in [0.2, 0.25) is 5.96 Å². The lowest BCUT2D eigenvalue weighted by Gasteiger charge is -2.12. The van der Waals surface area contributed by atoms with Crippen LogP contribution in [0.1, 0.15) is 20.3 Å². The van der Waals surface area contributed by atoms with Crippen molar-refractivity contribution >= 4 is 11.9 Å². The second-order valence-corrected chi connectivity index (χ2v) is 3.67. The van der Waals surface area contributed by atoms with Crippen molar-refractivity contribution in [1.82, 2.24) is 5.32 Å². The number of guanidine groups is 2. The van der Waals surface area contributed by atoms with Crippen LogP contribution in [0.2, 0.25) is 0 Å². The number of hydrogen-bond acceptors (Lipinski definition) is 3. The van der Waals surface area contributed by atoms with Gasteiger partial charge in [-0.15, -0.1) is 0 Å². The Hall–Kier alpha value is -1.26. The predicted octanol–water partition coefficient (Wildman–Crippen LogP) is -0.366. The molecular weight excluding hydrogens is 166 g/mol. The molecule has 0 amide bonds. The molecule has 74 valence electrons. The van der Waals surface area contributed by atoms with Crippen molar-refractivity contribution in [3.63, 3.8) is 0 Å². The summed E-state index contributed by atoms with van der Waals surface area (Å²) in [6.07, 6.45) is 1.09. The molecule has 0 radical (unpaired) electrons. The molecule has 5 nitrogen and oxygen atoms in total. The normalized spacial score (nSPS) is 21.2. The molecule has 0 aromatic heterocycles. The van der Waals surface area contributed by atoms with Gasteiger partial charge in [0.05, 0.1) is 6.54 Å². The third-order valence-electron chi connectivity index (χ3n) is 1.79. The quantitative estimate of drug-likeness (QED) is 0.403. The van der Waals surface area contributed by atoms with Crippen LogP contribution in [0.25, 0.3) is 0 Å². The summed E-state index contributed by atoms with van der Waals surface area (Å²) in [6.45, 7) is 5.13. The van der Waals surface area contributed by atoms with Crippen molar-refractivity contribution in [2.24, 2.45) is 27.4 Å². The average molecular weight is 183 g/mol. The Kier molecular flexibility index (Phi) is 3.11. The van der Waals surface area contributed by atoms with E-state index in [0.29, 0.717) is 17.9 Å². The van der Waals surface area contributed by atoms with E-state index in [9.17, 15) is 0 Å². The molecule has 0 fully saturated rings. The molecule has 5 heteroatoms. The topological polar surface area (TPSA) is 88.8 Å². The van der Waals surface area contributed by atoms with E-state index in [4.69, 9.17) is 11.5 Å². The van der Waals surface area contributed by atoms with E-state index in [1.165, 1.54) is 0 Å². The Morgan fingerprint density at radius 3 is 2.92 bits per heavy atom. The highest BCUT2D eigenvalue weighted by Crippen LogP contribution is 2.08. The van der Waals surface area contributed by atoms with Crippen molar-refractivity contribution in [1.29, 1.82) is 0 Å². The molecule has 1 rings (SSSR count). The van der Waals surface area contributed by atoms with Crippen LogP contribution in [0, 0.1) is 5.92 Å². The van der Waals surface area contributed by atoms with E-state index in [1.807, 2.05) is 0 Å². The van der Waals surface area contributed by atoms with Crippen LogP contribution >= 0.6 is 0 Å². The van der Waals surface area contributed by atoms with Crippen molar-refractivity contribution in [2.45, 2.75) is 26.3 Å². The molecule has 0 aromatic carbocycles. The van der Waals surface area contributed by atoms with Gasteiger partial charge in [-0.3, -0.25) is 0 Å². The van der Waals surface area contributed by atoms with Crippen molar-refractivity contribution in [3.8, 4) is 0 Å². The molecule has 0 unspecified atom stereocenters. The van der Waals surface area contributed by atoms with E-state index in [-0.39, 0.29) is 5.96 Å². The maximum Gasteiger partial charge on any atom is 0.221 e. The molecule has 0 spiro atoms. The van der Waals surface area contributed by atoms with Gasteiger partial charge in [0.15, 0.2) is 5.96 Å². The summed E-state index contributed by atoms with van der Waals surface area (Å²) in [5.74, 6) is 1.27. The van der Waals surface area contributed by atoms with E-state index in [1.54, 1.807) is 0 Å². The highest BCUT2D eigenvalue weighted by Gasteiger charge is 2.17. The Morgan fingerprint density at radius 1 is 1.69 bits per heavy atom. The van der Waals surface area contributed by atoms with Crippen LogP contribution < -0.4 is 16.8 Å². The van der Waals surface area contributed by atoms with Crippen LogP contribution in [0.5, 0.6) is 0 Å². The summed E-state index contributed by atoms with van der Waals surface area (Å²) >= 11 is 0. The lowest BCUT2D eigenvalue weighted by molar-refractivity contribution is 0.488. The minimum atomic E-state index is 0.0523. The van der Waals surface area contributed by atoms with Gasteiger partial charge in [-0.1, -0.05) is 13.8 Å². The predicted molar refractivity (Wildman–Crippen MR) is 54.5 cm³/mol. The number of nitrogens with zero attached hydrogens (tertiary/aromatic N) is 2.